The molecule has 0 aromatic heterocycles. The number of esters is 2. The smallest absolute Gasteiger partial charge is 0.462 e. The van der Waals surface area contributed by atoms with Crippen LogP contribution in [0.3, 0.4) is 0 Å². The van der Waals surface area contributed by atoms with Crippen LogP contribution in [0.25, 0.3) is 0 Å². The topological polar surface area (TPSA) is 210 Å². The number of hydrogen-bond acceptors (Lipinski definition) is 12. The van der Waals surface area contributed by atoms with Gasteiger partial charge >= 0.3 is 19.8 Å². The third kappa shape index (κ3) is 30.5. The second kappa shape index (κ2) is 38.1. The molecule has 358 valence electrons. The van der Waals surface area contributed by atoms with E-state index >= 15 is 0 Å². The first-order valence-corrected chi connectivity index (χ1v) is 24.5. The Morgan fingerprint density at radius 3 is 1.38 bits per heavy atom. The van der Waals surface area contributed by atoms with Gasteiger partial charge in [-0.2, -0.15) is 0 Å². The normalized spacial score (nSPS) is 22.6. The molecule has 1 aliphatic carbocycles. The van der Waals surface area contributed by atoms with Gasteiger partial charge in [-0.1, -0.05) is 130 Å². The molecule has 8 atom stereocenters. The van der Waals surface area contributed by atoms with Crippen molar-refractivity contribution < 1.29 is 63.1 Å². The molecule has 6 unspecified atom stereocenters. The van der Waals surface area contributed by atoms with Gasteiger partial charge in [-0.05, 0) is 96.3 Å². The molecule has 0 aliphatic heterocycles. The van der Waals surface area contributed by atoms with Crippen LogP contribution in [0.2, 0.25) is 0 Å². The molecule has 13 nitrogen and oxygen atoms in total. The zero-order chi connectivity index (χ0) is 46.4. The zero-order valence-electron chi connectivity index (χ0n) is 37.8. The fourth-order valence-corrected chi connectivity index (χ4v) is 7.17. The molecule has 0 saturated heterocycles. The van der Waals surface area contributed by atoms with Crippen LogP contribution in [0, 0.1) is 0 Å². The first-order chi connectivity index (χ1) is 30.4. The molecule has 0 spiro atoms. The zero-order valence-corrected chi connectivity index (χ0v) is 38.7. The second-order valence-corrected chi connectivity index (χ2v) is 16.9. The molecule has 1 fully saturated rings. The predicted octanol–water partition coefficient (Wildman–Crippen LogP) is 9.05. The lowest BCUT2D eigenvalue weighted by Gasteiger charge is -2.41. The molecule has 63 heavy (non-hydrogen) atoms. The number of phosphoric acid groups is 1. The lowest BCUT2D eigenvalue weighted by Crippen LogP contribution is -2.64. The van der Waals surface area contributed by atoms with Crippen molar-refractivity contribution in [3.63, 3.8) is 0 Å². The van der Waals surface area contributed by atoms with Crippen molar-refractivity contribution in [2.45, 2.75) is 185 Å². The second-order valence-electron chi connectivity index (χ2n) is 15.5. The third-order valence-electron chi connectivity index (χ3n) is 9.91. The van der Waals surface area contributed by atoms with E-state index in [1.54, 1.807) is 0 Å². The summed E-state index contributed by atoms with van der Waals surface area (Å²) in [5, 5.41) is 50.1. The van der Waals surface area contributed by atoms with Gasteiger partial charge < -0.3 is 39.9 Å². The standard InChI is InChI=1S/C49H79O13P/c1-3-5-7-9-11-13-15-17-19-20-21-22-24-26-28-30-32-34-36-38-43(51)61-41(40-60-63(57,58)62-49-47(55)45(53)44(52)46(54)48(49)56)39-59-42(50)37-35-33-31-29-27-25-23-18-16-14-12-10-8-6-4-2/h6,8,11-14,17-19,21-23,26-29,41,44-49,52-56H,3-5,7,9-10,15-16,20,24-25,30-40H2,1-2H3,(H,57,58)/b8-6-,13-11-,14-12-,19-17-,22-21-,23-18-,28-26-,29-27-/t41-,44?,45-,46?,47?,48?,49?/m1/s1. The Morgan fingerprint density at radius 2 is 0.905 bits per heavy atom. The van der Waals surface area contributed by atoms with E-state index in [4.69, 9.17) is 18.5 Å². The van der Waals surface area contributed by atoms with E-state index in [0.29, 0.717) is 12.8 Å². The maximum atomic E-state index is 12.8. The Bertz CT molecular complexity index is 1470. The van der Waals surface area contributed by atoms with E-state index in [1.165, 1.54) is 19.3 Å². The summed E-state index contributed by atoms with van der Waals surface area (Å²) >= 11 is 0. The van der Waals surface area contributed by atoms with Gasteiger partial charge in [0.25, 0.3) is 0 Å². The summed E-state index contributed by atoms with van der Waals surface area (Å²) in [5.41, 5.74) is 0. The van der Waals surface area contributed by atoms with E-state index in [2.05, 4.69) is 111 Å². The van der Waals surface area contributed by atoms with Crippen LogP contribution in [0.1, 0.15) is 142 Å². The van der Waals surface area contributed by atoms with Crippen molar-refractivity contribution in [2.24, 2.45) is 0 Å². The molecule has 1 rings (SSSR count). The Labute approximate surface area is 377 Å². The summed E-state index contributed by atoms with van der Waals surface area (Å²) in [7, 11) is -5.14. The van der Waals surface area contributed by atoms with E-state index in [9.17, 15) is 44.6 Å². The van der Waals surface area contributed by atoms with E-state index in [-0.39, 0.29) is 12.8 Å². The van der Waals surface area contributed by atoms with Crippen LogP contribution in [-0.2, 0) is 32.7 Å². The van der Waals surface area contributed by atoms with Crippen LogP contribution in [0.4, 0.5) is 0 Å². The van der Waals surface area contributed by atoms with Crippen LogP contribution in [-0.4, -0.2) is 98.3 Å². The minimum atomic E-state index is -5.14. The summed E-state index contributed by atoms with van der Waals surface area (Å²) in [6.45, 7) is 3.07. The Morgan fingerprint density at radius 1 is 0.508 bits per heavy atom. The number of unbranched alkanes of at least 4 members (excludes halogenated alkanes) is 8. The van der Waals surface area contributed by atoms with E-state index in [1.807, 2.05) is 0 Å². The van der Waals surface area contributed by atoms with Gasteiger partial charge in [0.15, 0.2) is 6.10 Å². The van der Waals surface area contributed by atoms with E-state index < -0.39 is 75.7 Å². The highest BCUT2D eigenvalue weighted by Gasteiger charge is 2.51. The van der Waals surface area contributed by atoms with E-state index in [0.717, 1.165) is 83.5 Å². The molecule has 0 aromatic rings. The summed E-state index contributed by atoms with van der Waals surface area (Å²) < 4.78 is 33.4. The minimum Gasteiger partial charge on any atom is -0.462 e. The van der Waals surface area contributed by atoms with Crippen molar-refractivity contribution in [1.29, 1.82) is 0 Å². The molecule has 0 amide bonds. The molecule has 0 aromatic carbocycles. The summed E-state index contributed by atoms with van der Waals surface area (Å²) in [6.07, 6.45) is 37.5. The van der Waals surface area contributed by atoms with Crippen molar-refractivity contribution >= 4 is 19.8 Å². The maximum Gasteiger partial charge on any atom is 0.472 e. The highest BCUT2D eigenvalue weighted by molar-refractivity contribution is 7.47. The molecule has 0 radical (unpaired) electrons. The van der Waals surface area contributed by atoms with Gasteiger partial charge in [-0.25, -0.2) is 4.57 Å². The third-order valence-corrected chi connectivity index (χ3v) is 10.9. The monoisotopic (exact) mass is 907 g/mol. The van der Waals surface area contributed by atoms with Crippen LogP contribution < -0.4 is 0 Å². The summed E-state index contributed by atoms with van der Waals surface area (Å²) in [4.78, 5) is 35.7. The van der Waals surface area contributed by atoms with Gasteiger partial charge in [0.2, 0.25) is 0 Å². The molecular weight excluding hydrogens is 827 g/mol. The van der Waals surface area contributed by atoms with Crippen LogP contribution in [0.15, 0.2) is 97.2 Å². The minimum absolute atomic E-state index is 0.0439. The first kappa shape index (κ1) is 57.8. The summed E-state index contributed by atoms with van der Waals surface area (Å²) in [5.74, 6) is -1.20. The number of aliphatic hydroxyl groups is 5. The molecule has 14 heteroatoms. The summed E-state index contributed by atoms with van der Waals surface area (Å²) in [6, 6.07) is 0. The van der Waals surface area contributed by atoms with Crippen molar-refractivity contribution in [2.75, 3.05) is 13.2 Å². The van der Waals surface area contributed by atoms with Crippen molar-refractivity contribution in [3.05, 3.63) is 97.2 Å². The number of rotatable bonds is 36. The Balaban J connectivity index is 2.53. The van der Waals surface area contributed by atoms with Crippen LogP contribution >= 0.6 is 7.82 Å². The number of ether oxygens (including phenoxy) is 2. The van der Waals surface area contributed by atoms with Gasteiger partial charge in [0.1, 0.15) is 43.2 Å². The van der Waals surface area contributed by atoms with Gasteiger partial charge in [0, 0.05) is 12.8 Å². The molecule has 1 saturated carbocycles. The van der Waals surface area contributed by atoms with Gasteiger partial charge in [-0.15, -0.1) is 0 Å². The molecule has 0 heterocycles. The molecule has 0 bridgehead atoms. The lowest BCUT2D eigenvalue weighted by molar-refractivity contribution is -0.220. The average Bonchev–Trinajstić information content (AvgIpc) is 3.26. The Kier molecular flexibility index (Phi) is 34.9. The predicted molar refractivity (Wildman–Crippen MR) is 248 cm³/mol. The highest BCUT2D eigenvalue weighted by atomic mass is 31.2. The lowest BCUT2D eigenvalue weighted by atomic mass is 9.85. The van der Waals surface area contributed by atoms with Gasteiger partial charge in [0.05, 0.1) is 6.61 Å². The fourth-order valence-electron chi connectivity index (χ4n) is 6.20. The largest absolute Gasteiger partial charge is 0.472 e. The highest BCUT2D eigenvalue weighted by Crippen LogP contribution is 2.47. The molecule has 6 N–H and O–H groups in total. The Hall–Kier alpha value is -3.23. The van der Waals surface area contributed by atoms with Crippen molar-refractivity contribution in [3.8, 4) is 0 Å². The SMILES string of the molecule is CC/C=C\C/C=C\C/C=C\C/C=C\CCCCC(=O)OC[C@H](COP(=O)(O)OC1C(O)C(O)C(O)[C@@H](O)C1O)OC(=O)CCCCC/C=C\C/C=C\C/C=C\C/C=C\CCCCC. The number of carbonyl (C=O) groups excluding carboxylic acids is 2. The number of hydrogen-bond donors (Lipinski definition) is 6. The van der Waals surface area contributed by atoms with Crippen molar-refractivity contribution in [1.82, 2.24) is 0 Å². The number of phosphoric ester groups is 1. The number of allylic oxidation sites excluding steroid dienone is 16. The first-order valence-electron chi connectivity index (χ1n) is 23.0. The molecule has 1 aliphatic rings. The fraction of sp³-hybridized carbons (Fsp3) is 0.633. The number of aliphatic hydroxyl groups excluding tert-OH is 5. The average molecular weight is 907 g/mol. The maximum absolute atomic E-state index is 12.8. The van der Waals surface area contributed by atoms with Crippen LogP contribution in [0.5, 0.6) is 0 Å². The number of carbonyl (C=O) groups is 2. The quantitative estimate of drug-likeness (QED) is 0.0150. The van der Waals surface area contributed by atoms with Gasteiger partial charge in [-0.3, -0.25) is 18.6 Å². The molecular formula is C49H79O13P.